The first-order chi connectivity index (χ1) is 4.04. The maximum Gasteiger partial charge on any atom is 0.372 e. The van der Waals surface area contributed by atoms with Crippen LogP contribution in [-0.2, 0) is 14.4 Å². The molecule has 0 aromatic rings. The molecule has 0 saturated heterocycles. The summed E-state index contributed by atoms with van der Waals surface area (Å²) in [5, 5.41) is 15.7. The van der Waals surface area contributed by atoms with Crippen LogP contribution in [0, 0.1) is 0 Å². The highest BCUT2D eigenvalue weighted by atomic mass is 16.6. The van der Waals surface area contributed by atoms with Gasteiger partial charge in [0.25, 0.3) is 5.78 Å². The number of carboxylic acid groups (broad SMARTS) is 2. The molecule has 5 heteroatoms. The van der Waals surface area contributed by atoms with Gasteiger partial charge >= 0.3 is 11.9 Å². The molecule has 0 aliphatic carbocycles. The topological polar surface area (TPSA) is 91.7 Å². The van der Waals surface area contributed by atoms with Crippen molar-refractivity contribution in [2.24, 2.45) is 0 Å². The Morgan fingerprint density at radius 2 is 1.89 bits per heavy atom. The van der Waals surface area contributed by atoms with Crippen molar-refractivity contribution in [3.8, 4) is 0 Å². The quantitative estimate of drug-likeness (QED) is 0.386. The van der Waals surface area contributed by atoms with Crippen LogP contribution in [0.5, 0.6) is 0 Å². The molecule has 0 radical (unpaired) electrons. The first-order valence-electron chi connectivity index (χ1n) is 2.02. The summed E-state index contributed by atoms with van der Waals surface area (Å²) >= 11 is 0. The van der Waals surface area contributed by atoms with Crippen molar-refractivity contribution in [3.05, 3.63) is 0 Å². The molecule has 0 aromatic heterocycles. The lowest BCUT2D eigenvalue weighted by molar-refractivity contribution is -0.152. The molecule has 0 saturated carbocycles. The molecule has 0 bridgehead atoms. The van der Waals surface area contributed by atoms with Crippen LogP contribution in [0.3, 0.4) is 0 Å². The van der Waals surface area contributed by atoms with E-state index in [1.807, 2.05) is 0 Å². The van der Waals surface area contributed by atoms with E-state index in [-0.39, 0.29) is 0 Å². The van der Waals surface area contributed by atoms with Crippen LogP contribution in [0.15, 0.2) is 0 Å². The summed E-state index contributed by atoms with van der Waals surface area (Å²) in [5.41, 5.74) is 0. The average Bonchev–Trinajstić information content (AvgIpc) is 1.63. The Labute approximate surface area is 49.9 Å². The number of carbonyl (C=O) groups is 3. The van der Waals surface area contributed by atoms with E-state index < -0.39 is 24.1 Å². The van der Waals surface area contributed by atoms with Gasteiger partial charge in [-0.3, -0.25) is 9.59 Å². The molecule has 0 spiro atoms. The van der Waals surface area contributed by atoms with Gasteiger partial charge in [0.15, 0.2) is 0 Å². The molecule has 0 rings (SSSR count). The van der Waals surface area contributed by atoms with Crippen LogP contribution in [0.4, 0.5) is 0 Å². The minimum absolute atomic E-state index is 0.949. The van der Waals surface area contributed by atoms with Crippen LogP contribution in [-0.4, -0.2) is 27.9 Å². The van der Waals surface area contributed by atoms with Gasteiger partial charge in [0.05, 0.1) is 0 Å². The third-order valence-corrected chi connectivity index (χ3v) is 0.550. The van der Waals surface area contributed by atoms with Gasteiger partial charge in [-0.25, -0.2) is 4.79 Å². The highest BCUT2D eigenvalue weighted by Gasteiger charge is 2.14. The normalized spacial score (nSPS) is 8.44. The zero-order valence-corrected chi connectivity index (χ0v) is 4.33. The molecule has 2 N–H and O–H groups in total. The Morgan fingerprint density at radius 1 is 1.44 bits per heavy atom. The van der Waals surface area contributed by atoms with Gasteiger partial charge in [0, 0.05) is 0 Å². The summed E-state index contributed by atoms with van der Waals surface area (Å²) in [5.74, 6) is -4.44. The number of ketones is 1. The van der Waals surface area contributed by atoms with Gasteiger partial charge < -0.3 is 10.2 Å². The predicted molar refractivity (Wildman–Crippen MR) is 24.9 cm³/mol. The fourth-order valence-electron chi connectivity index (χ4n) is 0.213. The Morgan fingerprint density at radius 3 is 2.00 bits per heavy atom. The number of carbonyl (C=O) groups excluding carboxylic acids is 1. The molecule has 5 nitrogen and oxygen atoms in total. The first kappa shape index (κ1) is 7.61. The Hall–Kier alpha value is -1.39. The van der Waals surface area contributed by atoms with Crippen LogP contribution >= 0.6 is 0 Å². The maximum atomic E-state index is 9.97. The summed E-state index contributed by atoms with van der Waals surface area (Å²) in [4.78, 5) is 29.2. The van der Waals surface area contributed by atoms with Crippen molar-refractivity contribution in [3.63, 3.8) is 0 Å². The van der Waals surface area contributed by atoms with Crippen molar-refractivity contribution in [2.45, 2.75) is 6.42 Å². The lowest BCUT2D eigenvalue weighted by Gasteiger charge is -1.85. The number of aliphatic carboxylic acids is 2. The smallest absolute Gasteiger partial charge is 0.372 e. The highest BCUT2D eigenvalue weighted by Crippen LogP contribution is 1.81. The third kappa shape index (κ3) is 3.22. The first-order valence-corrected chi connectivity index (χ1v) is 2.02. The minimum atomic E-state index is -1.71. The van der Waals surface area contributed by atoms with Crippen LogP contribution in [0.1, 0.15) is 6.42 Å². The molecule has 0 atom stereocenters. The number of Topliss-reactive ketones (excluding diaryl/α,β-unsaturated/α-hetero) is 1. The summed E-state index contributed by atoms with van der Waals surface area (Å²) in [7, 11) is 0. The minimum Gasteiger partial charge on any atom is -0.481 e. The molecular formula is C4H4O5. The van der Waals surface area contributed by atoms with Crippen molar-refractivity contribution in [2.75, 3.05) is 0 Å². The standard InChI is InChI=1S/C4H4O5/c5-2(4(8)9)1-3(6)7/h1H2,(H,6,7)(H,8,9)/i4+2. The highest BCUT2D eigenvalue weighted by molar-refractivity contribution is 6.35. The van der Waals surface area contributed by atoms with Gasteiger partial charge in [0.2, 0.25) is 0 Å². The zero-order chi connectivity index (χ0) is 7.44. The van der Waals surface area contributed by atoms with Gasteiger partial charge in [-0.05, 0) is 0 Å². The zero-order valence-electron chi connectivity index (χ0n) is 4.33. The lowest BCUT2D eigenvalue weighted by Crippen LogP contribution is -2.16. The van der Waals surface area contributed by atoms with E-state index in [9.17, 15) is 14.4 Å². The van der Waals surface area contributed by atoms with Gasteiger partial charge in [-0.2, -0.15) is 0 Å². The summed E-state index contributed by atoms with van der Waals surface area (Å²) in [6.45, 7) is 0. The van der Waals surface area contributed by atoms with Crippen molar-refractivity contribution < 1.29 is 24.6 Å². The third-order valence-electron chi connectivity index (χ3n) is 0.550. The molecule has 0 fully saturated rings. The average molecular weight is 134 g/mol. The fourth-order valence-corrected chi connectivity index (χ4v) is 0.213. The number of hydrogen-bond donors (Lipinski definition) is 2. The molecule has 0 amide bonds. The van der Waals surface area contributed by atoms with Gasteiger partial charge in [-0.1, -0.05) is 0 Å². The van der Waals surface area contributed by atoms with Crippen molar-refractivity contribution in [1.29, 1.82) is 0 Å². The second kappa shape index (κ2) is 2.81. The second-order valence-corrected chi connectivity index (χ2v) is 1.30. The SMILES string of the molecule is O=C(O)CC(=O)[14C](=O)O. The van der Waals surface area contributed by atoms with Crippen molar-refractivity contribution >= 4 is 17.7 Å². The molecule has 0 aromatic carbocycles. The van der Waals surface area contributed by atoms with E-state index in [4.69, 9.17) is 10.2 Å². The molecule has 0 heterocycles. The molecule has 50 valence electrons. The van der Waals surface area contributed by atoms with Gasteiger partial charge in [0.1, 0.15) is 6.42 Å². The Bertz CT molecular complexity index is 158. The fraction of sp³-hybridized carbons (Fsp3) is 0.250. The predicted octanol–water partition coefficient (Wildman–Crippen LogP) is -0.885. The molecule has 9 heavy (non-hydrogen) atoms. The lowest BCUT2D eigenvalue weighted by atomic mass is 10.4. The van der Waals surface area contributed by atoms with E-state index >= 15 is 0 Å². The van der Waals surface area contributed by atoms with E-state index in [0.29, 0.717) is 0 Å². The summed E-state index contributed by atoms with van der Waals surface area (Å²) in [6, 6.07) is 0. The van der Waals surface area contributed by atoms with Crippen LogP contribution in [0.2, 0.25) is 0 Å². The number of rotatable bonds is 3. The van der Waals surface area contributed by atoms with E-state index in [2.05, 4.69) is 0 Å². The summed E-state index contributed by atoms with van der Waals surface area (Å²) in [6.07, 6.45) is -0.949. The maximum absolute atomic E-state index is 9.97. The number of carboxylic acids is 2. The van der Waals surface area contributed by atoms with Crippen LogP contribution < -0.4 is 0 Å². The largest absolute Gasteiger partial charge is 0.481 e. The molecule has 0 aliphatic heterocycles. The Kier molecular flexibility index (Phi) is 2.37. The monoisotopic (exact) mass is 134 g/mol. The van der Waals surface area contributed by atoms with E-state index in [1.165, 1.54) is 0 Å². The van der Waals surface area contributed by atoms with E-state index in [1.54, 1.807) is 0 Å². The molecule has 0 aliphatic rings. The van der Waals surface area contributed by atoms with Crippen molar-refractivity contribution in [1.82, 2.24) is 0 Å². The Balaban J connectivity index is 3.79. The van der Waals surface area contributed by atoms with Crippen LogP contribution in [0.25, 0.3) is 0 Å². The molecule has 0 unspecified atom stereocenters. The summed E-state index contributed by atoms with van der Waals surface area (Å²) < 4.78 is 0. The molecular weight excluding hydrogens is 130 g/mol. The van der Waals surface area contributed by atoms with E-state index in [0.717, 1.165) is 0 Å². The number of hydrogen-bond acceptors (Lipinski definition) is 3. The second-order valence-electron chi connectivity index (χ2n) is 1.30. The van der Waals surface area contributed by atoms with Gasteiger partial charge in [-0.15, -0.1) is 0 Å².